The number of nitrogens with one attached hydrogen (secondary N) is 1. The van der Waals surface area contributed by atoms with Crippen molar-refractivity contribution in [2.24, 2.45) is 0 Å². The Kier molecular flexibility index (Phi) is 5.67. The van der Waals surface area contributed by atoms with Crippen molar-refractivity contribution in [3.05, 3.63) is 102 Å². The third-order valence-electron chi connectivity index (χ3n) is 4.91. The molecule has 1 saturated heterocycles. The first-order valence-corrected chi connectivity index (χ1v) is 15.8. The van der Waals surface area contributed by atoms with E-state index < -0.39 is 30.3 Å². The summed E-state index contributed by atoms with van der Waals surface area (Å²) in [5.74, 6) is 0. The molecule has 0 aliphatic carbocycles. The molecule has 3 aromatic rings. The average molecular weight is 518 g/mol. The van der Waals surface area contributed by atoms with Crippen molar-refractivity contribution in [2.45, 2.75) is 29.4 Å². The number of aryl methyl sites for hydroxylation is 1. The number of nitrogens with zero attached hydrogens (tertiary/aromatic N) is 1. The molecule has 0 aromatic heterocycles. The van der Waals surface area contributed by atoms with Crippen molar-refractivity contribution < 1.29 is 22.7 Å². The van der Waals surface area contributed by atoms with E-state index in [-0.39, 0.29) is 10.9 Å². The molecule has 0 amide bonds. The van der Waals surface area contributed by atoms with E-state index in [0.29, 0.717) is 0 Å². The van der Waals surface area contributed by atoms with Gasteiger partial charge in [0, 0.05) is 0 Å². The first-order chi connectivity index (χ1) is 13.8. The van der Waals surface area contributed by atoms with E-state index in [1.165, 1.54) is 0 Å². The van der Waals surface area contributed by atoms with E-state index >= 15 is 0 Å². The molecule has 3 aromatic carbocycles. The summed E-state index contributed by atoms with van der Waals surface area (Å²) in [7, 11) is 3.19. The van der Waals surface area contributed by atoms with Crippen LogP contribution in [0.4, 0.5) is 0 Å². The van der Waals surface area contributed by atoms with Gasteiger partial charge < -0.3 is 0 Å². The van der Waals surface area contributed by atoms with Crippen molar-refractivity contribution in [2.75, 3.05) is 0 Å². The van der Waals surface area contributed by atoms with Crippen molar-refractivity contribution in [3.63, 3.8) is 0 Å². The van der Waals surface area contributed by atoms with E-state index in [9.17, 15) is 8.42 Å². The maximum absolute atomic E-state index is 13.8. The summed E-state index contributed by atoms with van der Waals surface area (Å²) in [4.78, 5) is 0.268. The summed E-state index contributed by atoms with van der Waals surface area (Å²) in [5, 5.41) is 0. The van der Waals surface area contributed by atoms with Gasteiger partial charge in [0.2, 0.25) is 0 Å². The van der Waals surface area contributed by atoms with Crippen molar-refractivity contribution in [1.82, 2.24) is 7.11 Å². The molecule has 1 N–H and O–H groups in total. The zero-order valence-electron chi connectivity index (χ0n) is 16.1. The summed E-state index contributed by atoms with van der Waals surface area (Å²) in [6, 6.07) is 26.0. The van der Waals surface area contributed by atoms with Gasteiger partial charge in [-0.05, 0) is 0 Å². The van der Waals surface area contributed by atoms with Gasteiger partial charge in [0.05, 0.1) is 0 Å². The minimum absolute atomic E-state index is 0.219. The van der Waals surface area contributed by atoms with Gasteiger partial charge in [0.1, 0.15) is 0 Å². The second-order valence-corrected chi connectivity index (χ2v) is 16.6. The van der Waals surface area contributed by atoms with Gasteiger partial charge >= 0.3 is 181 Å². The van der Waals surface area contributed by atoms with Gasteiger partial charge in [0.15, 0.2) is 0 Å². The first-order valence-electron chi connectivity index (χ1n) is 9.10. The molecule has 0 bridgehead atoms. The normalized spacial score (nSPS) is 27.4. The van der Waals surface area contributed by atoms with E-state index in [2.05, 4.69) is 4.06 Å². The summed E-state index contributed by atoms with van der Waals surface area (Å²) in [5.41, 5.74) is 4.81. The number of hydrogen-bond acceptors (Lipinski definition) is 3. The fraction of sp³-hybridized carbons (Fsp3) is 0.182. The molecule has 155 valence electrons. The Morgan fingerprint density at radius 2 is 1.38 bits per heavy atom. The van der Waals surface area contributed by atoms with Crippen LogP contribution in [-0.2, 0) is 24.3 Å². The van der Waals surface area contributed by atoms with Crippen LogP contribution in [0.1, 0.15) is 28.8 Å². The van der Waals surface area contributed by atoms with E-state index in [1.54, 1.807) is 15.2 Å². The Bertz CT molecular complexity index is 1090. The molecule has 1 unspecified atom stereocenters. The fourth-order valence-corrected chi connectivity index (χ4v) is 13.0. The Labute approximate surface area is 180 Å². The van der Waals surface area contributed by atoms with E-state index in [1.807, 2.05) is 85.2 Å². The summed E-state index contributed by atoms with van der Waals surface area (Å²) < 4.78 is 32.6. The molecule has 4 nitrogen and oxygen atoms in total. The SMILES string of the molecule is Cc1ccc(S(=O)(=O)[N]2[C@@H](c3ccccc3)[C@H](c3ccccc3)[NH][Rh]2([CH3])[Cl])cc1. The summed E-state index contributed by atoms with van der Waals surface area (Å²) in [6.45, 7) is 1.94. The van der Waals surface area contributed by atoms with Crippen LogP contribution in [0.15, 0.2) is 89.8 Å². The molecule has 4 rings (SSSR count). The van der Waals surface area contributed by atoms with Crippen LogP contribution in [0.25, 0.3) is 0 Å². The van der Waals surface area contributed by atoms with Crippen LogP contribution < -0.4 is 4.06 Å². The van der Waals surface area contributed by atoms with Gasteiger partial charge in [-0.2, -0.15) is 0 Å². The van der Waals surface area contributed by atoms with Gasteiger partial charge in [0.25, 0.3) is 0 Å². The summed E-state index contributed by atoms with van der Waals surface area (Å²) >= 11 is -3.29. The van der Waals surface area contributed by atoms with Crippen LogP contribution in [0.2, 0.25) is 5.52 Å². The zero-order chi connectivity index (χ0) is 20.6. The molecule has 0 spiro atoms. The molecule has 3 atom stereocenters. The Morgan fingerprint density at radius 1 is 0.862 bits per heavy atom. The Balaban J connectivity index is 1.89. The third kappa shape index (κ3) is 3.93. The molecular formula is C22H23ClN2O2RhS. The predicted molar refractivity (Wildman–Crippen MR) is 113 cm³/mol. The molecule has 7 heteroatoms. The molecule has 1 fully saturated rings. The topological polar surface area (TPSA) is 49.4 Å². The van der Waals surface area contributed by atoms with Gasteiger partial charge in [-0.15, -0.1) is 0 Å². The molecule has 1 aliphatic rings. The van der Waals surface area contributed by atoms with Crippen LogP contribution in [-0.4, -0.2) is 11.5 Å². The molecule has 1 heterocycles. The predicted octanol–water partition coefficient (Wildman–Crippen LogP) is 5.26. The third-order valence-corrected chi connectivity index (χ3v) is 13.8. The molecule has 1 aliphatic heterocycles. The molecule has 0 radical (unpaired) electrons. The second-order valence-electron chi connectivity index (χ2n) is 7.02. The van der Waals surface area contributed by atoms with E-state index in [4.69, 9.17) is 9.69 Å². The summed E-state index contributed by atoms with van der Waals surface area (Å²) in [6.07, 6.45) is 0. The Morgan fingerprint density at radius 3 is 1.93 bits per heavy atom. The second kappa shape index (κ2) is 7.94. The van der Waals surface area contributed by atoms with Crippen LogP contribution in [0.3, 0.4) is 0 Å². The average Bonchev–Trinajstić information content (AvgIpc) is 3.01. The first kappa shape index (κ1) is 20.7. The zero-order valence-corrected chi connectivity index (χ0v) is 19.3. The number of hydrogen-bond donors (Lipinski definition) is 1. The quantitative estimate of drug-likeness (QED) is 0.481. The van der Waals surface area contributed by atoms with Gasteiger partial charge in [-0.25, -0.2) is 0 Å². The van der Waals surface area contributed by atoms with E-state index in [0.717, 1.165) is 16.7 Å². The Hall–Kier alpha value is -1.56. The number of sulfonamides is 1. The number of benzene rings is 3. The van der Waals surface area contributed by atoms with Crippen LogP contribution in [0.5, 0.6) is 0 Å². The molecular weight excluding hydrogens is 495 g/mol. The molecule has 0 saturated carbocycles. The minimum atomic E-state index is -3.79. The standard InChI is InChI=1S/C21H20N2O2S.CH3.ClH.Rh/c1-16-12-14-19(15-13-16)26(24,25)23-21(18-10-6-3-7-11-18)20(22)17-8-4-2-5-9-17;;;/h2-15,20-22H,1H3;1H3;1H;/q-2;;;+3/p-1/t20-,21-;;;/m0.../s1. The fourth-order valence-electron chi connectivity index (χ4n) is 3.53. The monoisotopic (exact) mass is 517 g/mol. The maximum atomic E-state index is 13.8. The number of halogens is 1. The van der Waals surface area contributed by atoms with Crippen molar-refractivity contribution in [3.8, 4) is 0 Å². The van der Waals surface area contributed by atoms with Gasteiger partial charge in [-0.1, -0.05) is 0 Å². The number of rotatable bonds is 4. The van der Waals surface area contributed by atoms with Gasteiger partial charge in [-0.3, -0.25) is 0 Å². The van der Waals surface area contributed by atoms with Crippen molar-refractivity contribution in [1.29, 1.82) is 0 Å². The molecule has 29 heavy (non-hydrogen) atoms. The van der Waals surface area contributed by atoms with Crippen LogP contribution in [0, 0.1) is 6.92 Å². The van der Waals surface area contributed by atoms with Crippen molar-refractivity contribution >= 4 is 19.7 Å². The van der Waals surface area contributed by atoms with Crippen LogP contribution >= 0.6 is 9.69 Å².